The molecule has 0 saturated carbocycles. The van der Waals surface area contributed by atoms with Gasteiger partial charge < -0.3 is 4.74 Å². The Morgan fingerprint density at radius 2 is 2.38 bits per heavy atom. The van der Waals surface area contributed by atoms with Gasteiger partial charge in [-0.3, -0.25) is 0 Å². The van der Waals surface area contributed by atoms with Crippen LogP contribution in [0.15, 0.2) is 0 Å². The lowest BCUT2D eigenvalue weighted by atomic mass is 10.7. The third-order valence-corrected chi connectivity index (χ3v) is 0.848. The molecule has 0 aliphatic heterocycles. The first-order valence-corrected chi connectivity index (χ1v) is 2.86. The fourth-order valence-electron chi connectivity index (χ4n) is 0.289. The first-order chi connectivity index (χ1) is 3.85. The predicted octanol–water partition coefficient (Wildman–Crippen LogP) is 1.08. The maximum Gasteiger partial charge on any atom is 0.204 e. The summed E-state index contributed by atoms with van der Waals surface area (Å²) in [4.78, 5) is 3.79. The normalized spacial score (nSPS) is 13.9. The lowest BCUT2D eigenvalue weighted by Crippen LogP contribution is -2.16. The van der Waals surface area contributed by atoms with Crippen LogP contribution in [0.5, 0.6) is 0 Å². The summed E-state index contributed by atoms with van der Waals surface area (Å²) in [5.41, 5.74) is 0. The monoisotopic (exact) mass is 140 g/mol. The average molecular weight is 141 g/mol. The number of halogens is 1. The van der Waals surface area contributed by atoms with Crippen molar-refractivity contribution in [3.05, 3.63) is 0 Å². The molecular weight excluding hydrogens is 131 g/mol. The first-order valence-electron chi connectivity index (χ1n) is 2.33. The average Bonchev–Trinajstić information content (AvgIpc) is 1.83. The molecule has 8 heavy (non-hydrogen) atoms. The van der Waals surface area contributed by atoms with Gasteiger partial charge in [-0.15, -0.1) is 11.6 Å². The summed E-state index contributed by atoms with van der Waals surface area (Å²) < 4.78 is 4.74. The Balaban J connectivity index is 3.07. The molecule has 0 aliphatic rings. The molecule has 1 atom stereocenters. The van der Waals surface area contributed by atoms with E-state index in [1.54, 1.807) is 6.92 Å². The summed E-state index contributed by atoms with van der Waals surface area (Å²) in [7, 11) is 0. The van der Waals surface area contributed by atoms with Crippen molar-refractivity contribution in [3.8, 4) is 0 Å². The molecule has 0 rings (SSSR count). The molecule has 1 N–H and O–H groups in total. The molecule has 0 aromatic rings. The maximum atomic E-state index is 7.95. The van der Waals surface area contributed by atoms with Gasteiger partial charge in [0.2, 0.25) is 6.29 Å². The first kappa shape index (κ1) is 8.17. The number of hydrogen-bond donors (Lipinski definition) is 1. The number of hydrogen-bond acceptors (Lipinski definition) is 3. The summed E-state index contributed by atoms with van der Waals surface area (Å²) in [6, 6.07) is 0. The molecule has 0 radical (unpaired) electrons. The SMILES string of the molecule is CCOC(CCl)OO. The Morgan fingerprint density at radius 1 is 1.75 bits per heavy atom. The second-order valence-corrected chi connectivity index (χ2v) is 1.45. The molecule has 0 aromatic carbocycles. The topological polar surface area (TPSA) is 38.7 Å². The Kier molecular flexibility index (Phi) is 5.42. The Labute approximate surface area is 53.1 Å². The summed E-state index contributed by atoms with van der Waals surface area (Å²) in [6.07, 6.45) is -0.679. The number of alkyl halides is 1. The van der Waals surface area contributed by atoms with E-state index in [0.717, 1.165) is 0 Å². The second kappa shape index (κ2) is 5.31. The van der Waals surface area contributed by atoms with Crippen molar-refractivity contribution in [2.75, 3.05) is 12.5 Å². The van der Waals surface area contributed by atoms with E-state index in [1.807, 2.05) is 0 Å². The Hall–Kier alpha value is 0.170. The van der Waals surface area contributed by atoms with Crippen LogP contribution in [-0.2, 0) is 9.62 Å². The van der Waals surface area contributed by atoms with Gasteiger partial charge >= 0.3 is 0 Å². The Morgan fingerprint density at radius 3 is 2.50 bits per heavy atom. The van der Waals surface area contributed by atoms with Crippen molar-refractivity contribution < 1.29 is 14.9 Å². The highest BCUT2D eigenvalue weighted by molar-refractivity contribution is 6.18. The molecule has 1 unspecified atom stereocenters. The van der Waals surface area contributed by atoms with Gasteiger partial charge in [-0.05, 0) is 6.92 Å². The van der Waals surface area contributed by atoms with E-state index >= 15 is 0 Å². The zero-order valence-electron chi connectivity index (χ0n) is 4.63. The van der Waals surface area contributed by atoms with Gasteiger partial charge in [0.1, 0.15) is 0 Å². The second-order valence-electron chi connectivity index (χ2n) is 1.14. The van der Waals surface area contributed by atoms with Crippen molar-refractivity contribution in [2.24, 2.45) is 0 Å². The molecule has 3 nitrogen and oxygen atoms in total. The van der Waals surface area contributed by atoms with Gasteiger partial charge in [-0.2, -0.15) is 0 Å². The van der Waals surface area contributed by atoms with Crippen molar-refractivity contribution >= 4 is 11.6 Å². The van der Waals surface area contributed by atoms with E-state index in [2.05, 4.69) is 4.89 Å². The van der Waals surface area contributed by atoms with E-state index in [0.29, 0.717) is 6.61 Å². The van der Waals surface area contributed by atoms with Gasteiger partial charge in [0.15, 0.2) is 0 Å². The zero-order chi connectivity index (χ0) is 6.41. The minimum absolute atomic E-state index is 0.143. The summed E-state index contributed by atoms with van der Waals surface area (Å²) in [6.45, 7) is 2.27. The fourth-order valence-corrected chi connectivity index (χ4v) is 0.434. The largest absolute Gasteiger partial charge is 0.349 e. The summed E-state index contributed by atoms with van der Waals surface area (Å²) in [5, 5.41) is 7.95. The van der Waals surface area contributed by atoms with Crippen LogP contribution in [0.2, 0.25) is 0 Å². The molecule has 0 aromatic heterocycles. The molecular formula is C4H9ClO3. The molecule has 0 heterocycles. The van der Waals surface area contributed by atoms with E-state index in [4.69, 9.17) is 21.6 Å². The third kappa shape index (κ3) is 3.21. The van der Waals surface area contributed by atoms with Crippen molar-refractivity contribution in [1.82, 2.24) is 0 Å². The van der Waals surface area contributed by atoms with Gasteiger partial charge in [0.05, 0.1) is 5.88 Å². The highest BCUT2D eigenvalue weighted by Gasteiger charge is 2.03. The van der Waals surface area contributed by atoms with Crippen LogP contribution in [0, 0.1) is 0 Å². The minimum Gasteiger partial charge on any atom is -0.349 e. The molecule has 0 aliphatic carbocycles. The highest BCUT2D eigenvalue weighted by Crippen LogP contribution is 1.93. The van der Waals surface area contributed by atoms with Crippen LogP contribution in [0.4, 0.5) is 0 Å². The fraction of sp³-hybridized carbons (Fsp3) is 1.00. The van der Waals surface area contributed by atoms with Crippen LogP contribution in [0.1, 0.15) is 6.92 Å². The van der Waals surface area contributed by atoms with Crippen molar-refractivity contribution in [1.29, 1.82) is 0 Å². The molecule has 0 spiro atoms. The van der Waals surface area contributed by atoms with Crippen molar-refractivity contribution in [3.63, 3.8) is 0 Å². The van der Waals surface area contributed by atoms with E-state index < -0.39 is 6.29 Å². The molecule has 50 valence electrons. The van der Waals surface area contributed by atoms with Crippen molar-refractivity contribution in [2.45, 2.75) is 13.2 Å². The van der Waals surface area contributed by atoms with Gasteiger partial charge in [-0.25, -0.2) is 10.1 Å². The quantitative estimate of drug-likeness (QED) is 0.275. The summed E-state index contributed by atoms with van der Waals surface area (Å²) in [5.74, 6) is 0.143. The van der Waals surface area contributed by atoms with Crippen LogP contribution < -0.4 is 0 Å². The third-order valence-electron chi connectivity index (χ3n) is 0.596. The zero-order valence-corrected chi connectivity index (χ0v) is 5.39. The van der Waals surface area contributed by atoms with Crippen LogP contribution >= 0.6 is 11.6 Å². The Bertz CT molecular complexity index is 46.5. The van der Waals surface area contributed by atoms with Crippen LogP contribution in [0.25, 0.3) is 0 Å². The standard InChI is InChI=1S/C4H9ClO3/c1-2-7-4(3-5)8-6/h4,6H,2-3H2,1H3. The summed E-state index contributed by atoms with van der Waals surface area (Å²) >= 11 is 5.24. The van der Waals surface area contributed by atoms with Gasteiger partial charge in [-0.1, -0.05) is 0 Å². The van der Waals surface area contributed by atoms with Crippen LogP contribution in [-0.4, -0.2) is 24.0 Å². The molecule has 0 fully saturated rings. The smallest absolute Gasteiger partial charge is 0.204 e. The lowest BCUT2D eigenvalue weighted by molar-refractivity contribution is -0.337. The van der Waals surface area contributed by atoms with E-state index in [-0.39, 0.29) is 5.88 Å². The highest BCUT2D eigenvalue weighted by atomic mass is 35.5. The predicted molar refractivity (Wildman–Crippen MR) is 29.8 cm³/mol. The minimum atomic E-state index is -0.679. The molecule has 4 heteroatoms. The van der Waals surface area contributed by atoms with E-state index in [9.17, 15) is 0 Å². The van der Waals surface area contributed by atoms with E-state index in [1.165, 1.54) is 0 Å². The number of ether oxygens (including phenoxy) is 1. The van der Waals surface area contributed by atoms with Gasteiger partial charge in [0, 0.05) is 6.61 Å². The maximum absolute atomic E-state index is 7.95. The van der Waals surface area contributed by atoms with Crippen LogP contribution in [0.3, 0.4) is 0 Å². The molecule has 0 saturated heterocycles. The number of rotatable bonds is 4. The molecule has 0 bridgehead atoms. The molecule has 0 amide bonds. The lowest BCUT2D eigenvalue weighted by Gasteiger charge is -2.07. The van der Waals surface area contributed by atoms with Gasteiger partial charge in [0.25, 0.3) is 0 Å².